The zero-order valence-electron chi connectivity index (χ0n) is 10.2. The number of hydrogen-bond acceptors (Lipinski definition) is 3. The molecule has 2 rings (SSSR count). The molecule has 0 unspecified atom stereocenters. The van der Waals surface area contributed by atoms with Gasteiger partial charge in [0.15, 0.2) is 0 Å². The zero-order valence-corrected chi connectivity index (χ0v) is 11.0. The minimum atomic E-state index is 0.147. The molecule has 0 aliphatic carbocycles. The molecule has 90 valence electrons. The van der Waals surface area contributed by atoms with Crippen molar-refractivity contribution < 1.29 is 4.42 Å². The summed E-state index contributed by atoms with van der Waals surface area (Å²) in [5.74, 6) is 1.20. The molecule has 0 aliphatic heterocycles. The molecule has 17 heavy (non-hydrogen) atoms. The molecule has 0 N–H and O–H groups in total. The molecule has 1 heterocycles. The van der Waals surface area contributed by atoms with Crippen LogP contribution >= 0.6 is 11.6 Å². The van der Waals surface area contributed by atoms with E-state index >= 15 is 0 Å². The van der Waals surface area contributed by atoms with Crippen molar-refractivity contribution in [2.45, 2.75) is 32.1 Å². The van der Waals surface area contributed by atoms with Gasteiger partial charge in [-0.25, -0.2) is 0 Å². The van der Waals surface area contributed by atoms with Crippen LogP contribution in [0.15, 0.2) is 28.7 Å². The molecule has 1 aromatic carbocycles. The molecule has 2 aromatic rings. The monoisotopic (exact) mass is 250 g/mol. The van der Waals surface area contributed by atoms with E-state index < -0.39 is 0 Å². The number of nitrogens with zero attached hydrogens (tertiary/aromatic N) is 2. The van der Waals surface area contributed by atoms with Gasteiger partial charge in [0.05, 0.1) is 0 Å². The van der Waals surface area contributed by atoms with Crippen LogP contribution in [0.5, 0.6) is 0 Å². The van der Waals surface area contributed by atoms with Crippen molar-refractivity contribution in [1.82, 2.24) is 10.2 Å². The first-order valence-electron chi connectivity index (χ1n) is 5.50. The summed E-state index contributed by atoms with van der Waals surface area (Å²) in [6.07, 6.45) is 0. The average Bonchev–Trinajstić information content (AvgIpc) is 2.76. The van der Waals surface area contributed by atoms with Crippen LogP contribution in [0.3, 0.4) is 0 Å². The van der Waals surface area contributed by atoms with Crippen LogP contribution in [0.4, 0.5) is 0 Å². The lowest BCUT2D eigenvalue weighted by atomic mass is 9.87. The average molecular weight is 251 g/mol. The summed E-state index contributed by atoms with van der Waals surface area (Å²) in [6, 6.07) is 8.15. The van der Waals surface area contributed by atoms with Crippen LogP contribution in [0.25, 0.3) is 11.5 Å². The summed E-state index contributed by atoms with van der Waals surface area (Å²) in [5, 5.41) is 7.78. The third-order valence-corrected chi connectivity index (χ3v) is 2.81. The number of hydrogen-bond donors (Lipinski definition) is 0. The standard InChI is InChI=1S/C13H15ClN2O/c1-13(2,3)10-6-4-9(5-7-10)12-16-15-11(8-14)17-12/h4-7H,8H2,1-3H3. The molecular weight excluding hydrogens is 236 g/mol. The summed E-state index contributed by atoms with van der Waals surface area (Å²) in [6.45, 7) is 6.54. The summed E-state index contributed by atoms with van der Waals surface area (Å²) < 4.78 is 5.39. The fraction of sp³-hybridized carbons (Fsp3) is 0.385. The van der Waals surface area contributed by atoms with E-state index in [1.165, 1.54) is 5.56 Å². The molecule has 0 saturated heterocycles. The van der Waals surface area contributed by atoms with Gasteiger partial charge in [0.2, 0.25) is 11.8 Å². The van der Waals surface area contributed by atoms with E-state index in [2.05, 4.69) is 43.1 Å². The van der Waals surface area contributed by atoms with E-state index in [0.29, 0.717) is 11.8 Å². The second-order valence-corrected chi connectivity index (χ2v) is 5.23. The fourth-order valence-electron chi connectivity index (χ4n) is 1.54. The van der Waals surface area contributed by atoms with Crippen LogP contribution in [0, 0.1) is 0 Å². The molecular formula is C13H15ClN2O. The number of rotatable bonds is 2. The van der Waals surface area contributed by atoms with E-state index in [1.807, 2.05) is 12.1 Å². The highest BCUT2D eigenvalue weighted by Crippen LogP contribution is 2.25. The normalized spacial score (nSPS) is 11.8. The second-order valence-electron chi connectivity index (χ2n) is 4.96. The SMILES string of the molecule is CC(C)(C)c1ccc(-c2nnc(CCl)o2)cc1. The third-order valence-electron chi connectivity index (χ3n) is 2.58. The fourth-order valence-corrected chi connectivity index (χ4v) is 1.65. The van der Waals surface area contributed by atoms with Crippen molar-refractivity contribution in [3.63, 3.8) is 0 Å². The van der Waals surface area contributed by atoms with Gasteiger partial charge >= 0.3 is 0 Å². The predicted octanol–water partition coefficient (Wildman–Crippen LogP) is 3.77. The first kappa shape index (κ1) is 12.1. The first-order valence-corrected chi connectivity index (χ1v) is 6.03. The largest absolute Gasteiger partial charge is 0.419 e. The molecule has 0 aliphatic rings. The molecule has 3 nitrogen and oxygen atoms in total. The second kappa shape index (κ2) is 4.49. The van der Waals surface area contributed by atoms with E-state index in [1.54, 1.807) is 0 Å². The van der Waals surface area contributed by atoms with E-state index in [9.17, 15) is 0 Å². The molecule has 1 aromatic heterocycles. The topological polar surface area (TPSA) is 38.9 Å². The number of aromatic nitrogens is 2. The summed E-state index contributed by atoms with van der Waals surface area (Å²) in [4.78, 5) is 0. The van der Waals surface area contributed by atoms with Crippen molar-refractivity contribution in [2.75, 3.05) is 0 Å². The molecule has 0 amide bonds. The lowest BCUT2D eigenvalue weighted by Crippen LogP contribution is -2.10. The van der Waals surface area contributed by atoms with Crippen molar-refractivity contribution >= 4 is 11.6 Å². The van der Waals surface area contributed by atoms with Crippen LogP contribution < -0.4 is 0 Å². The molecule has 0 fully saturated rings. The van der Waals surface area contributed by atoms with Gasteiger partial charge in [-0.1, -0.05) is 32.9 Å². The minimum absolute atomic E-state index is 0.147. The van der Waals surface area contributed by atoms with Crippen molar-refractivity contribution in [2.24, 2.45) is 0 Å². The minimum Gasteiger partial charge on any atom is -0.419 e. The Morgan fingerprint density at radius 2 is 1.76 bits per heavy atom. The van der Waals surface area contributed by atoms with E-state index in [-0.39, 0.29) is 11.3 Å². The van der Waals surface area contributed by atoms with Gasteiger partial charge in [-0.3, -0.25) is 0 Å². The maximum absolute atomic E-state index is 5.62. The Balaban J connectivity index is 2.29. The van der Waals surface area contributed by atoms with Gasteiger partial charge in [-0.15, -0.1) is 21.8 Å². The third kappa shape index (κ3) is 2.67. The molecule has 0 radical (unpaired) electrons. The van der Waals surface area contributed by atoms with Gasteiger partial charge < -0.3 is 4.42 Å². The lowest BCUT2D eigenvalue weighted by molar-refractivity contribution is 0.527. The molecule has 0 atom stereocenters. The number of alkyl halides is 1. The predicted molar refractivity (Wildman–Crippen MR) is 68.0 cm³/mol. The van der Waals surface area contributed by atoms with Crippen molar-refractivity contribution in [1.29, 1.82) is 0 Å². The van der Waals surface area contributed by atoms with Gasteiger partial charge in [0.1, 0.15) is 5.88 Å². The molecule has 0 saturated carbocycles. The van der Waals surface area contributed by atoms with E-state index in [0.717, 1.165) is 5.56 Å². The molecule has 0 bridgehead atoms. The Hall–Kier alpha value is -1.35. The highest BCUT2D eigenvalue weighted by atomic mass is 35.5. The van der Waals surface area contributed by atoms with Gasteiger partial charge in [0, 0.05) is 5.56 Å². The maximum Gasteiger partial charge on any atom is 0.247 e. The van der Waals surface area contributed by atoms with Crippen LogP contribution in [-0.4, -0.2) is 10.2 Å². The van der Waals surface area contributed by atoms with Gasteiger partial charge in [-0.2, -0.15) is 0 Å². The van der Waals surface area contributed by atoms with Crippen LogP contribution in [0.1, 0.15) is 32.2 Å². The van der Waals surface area contributed by atoms with Crippen molar-refractivity contribution in [3.05, 3.63) is 35.7 Å². The zero-order chi connectivity index (χ0) is 12.5. The smallest absolute Gasteiger partial charge is 0.247 e. The van der Waals surface area contributed by atoms with Crippen LogP contribution in [0.2, 0.25) is 0 Å². The van der Waals surface area contributed by atoms with Gasteiger partial charge in [-0.05, 0) is 23.1 Å². The first-order chi connectivity index (χ1) is 8.00. The maximum atomic E-state index is 5.62. The Labute approximate surface area is 106 Å². The lowest BCUT2D eigenvalue weighted by Gasteiger charge is -2.18. The highest BCUT2D eigenvalue weighted by Gasteiger charge is 2.14. The van der Waals surface area contributed by atoms with E-state index in [4.69, 9.17) is 16.0 Å². The summed E-state index contributed by atoms with van der Waals surface area (Å²) >= 11 is 5.62. The Bertz CT molecular complexity index is 497. The number of halogens is 1. The van der Waals surface area contributed by atoms with Crippen molar-refractivity contribution in [3.8, 4) is 11.5 Å². The summed E-state index contributed by atoms with van der Waals surface area (Å²) in [7, 11) is 0. The number of benzene rings is 1. The summed E-state index contributed by atoms with van der Waals surface area (Å²) in [5.41, 5.74) is 2.34. The van der Waals surface area contributed by atoms with Crippen LogP contribution in [-0.2, 0) is 11.3 Å². The Kier molecular flexibility index (Phi) is 3.20. The molecule has 4 heteroatoms. The highest BCUT2D eigenvalue weighted by molar-refractivity contribution is 6.16. The Morgan fingerprint density at radius 3 is 2.24 bits per heavy atom. The molecule has 0 spiro atoms. The van der Waals surface area contributed by atoms with Gasteiger partial charge in [0.25, 0.3) is 0 Å². The quantitative estimate of drug-likeness (QED) is 0.762. The Morgan fingerprint density at radius 1 is 1.12 bits per heavy atom.